The first-order chi connectivity index (χ1) is 21.6. The standard InChI is InChI=1S/C34H38Cl4N6/c35-15-21-41(22-16-36)30-11-7-27(8-12-30)32(25-39)43-19-4-20-44(34(43)29-5-2-1-3-6-29)33(26-40)28-9-13-31(14-10-28)42(23-17-37)24-18-38/h1-3,5-14,32-34H,4,15-24H2. The molecule has 2 atom stereocenters. The molecule has 232 valence electrons. The average Bonchev–Trinajstić information content (AvgIpc) is 3.06. The van der Waals surface area contributed by atoms with E-state index in [1.807, 2.05) is 66.7 Å². The Kier molecular flexibility index (Phi) is 13.8. The lowest BCUT2D eigenvalue weighted by Gasteiger charge is -2.47. The molecular weight excluding hydrogens is 634 g/mol. The largest absolute Gasteiger partial charge is 0.369 e. The van der Waals surface area contributed by atoms with E-state index in [0.717, 1.165) is 47.6 Å². The molecule has 3 aromatic carbocycles. The number of benzene rings is 3. The van der Waals surface area contributed by atoms with Crippen molar-refractivity contribution < 1.29 is 0 Å². The predicted octanol–water partition coefficient (Wildman–Crippen LogP) is 7.79. The van der Waals surface area contributed by atoms with E-state index < -0.39 is 12.1 Å². The minimum atomic E-state index is -0.507. The smallest absolute Gasteiger partial charge is 0.125 e. The minimum absolute atomic E-state index is 0.272. The highest BCUT2D eigenvalue weighted by molar-refractivity contribution is 6.19. The summed E-state index contributed by atoms with van der Waals surface area (Å²) >= 11 is 24.1. The fourth-order valence-electron chi connectivity index (χ4n) is 5.98. The molecule has 4 rings (SSSR count). The van der Waals surface area contributed by atoms with Crippen LogP contribution in [0.25, 0.3) is 0 Å². The Labute approximate surface area is 281 Å². The lowest BCUT2D eigenvalue weighted by atomic mass is 9.96. The summed E-state index contributed by atoms with van der Waals surface area (Å²) in [6, 6.07) is 30.6. The molecule has 2 unspecified atom stereocenters. The van der Waals surface area contributed by atoms with Crippen LogP contribution in [0.5, 0.6) is 0 Å². The first-order valence-corrected chi connectivity index (χ1v) is 17.0. The number of nitriles is 2. The monoisotopic (exact) mass is 670 g/mol. The van der Waals surface area contributed by atoms with Crippen molar-refractivity contribution in [1.29, 1.82) is 10.5 Å². The van der Waals surface area contributed by atoms with E-state index in [4.69, 9.17) is 46.4 Å². The highest BCUT2D eigenvalue weighted by atomic mass is 35.5. The lowest BCUT2D eigenvalue weighted by Crippen LogP contribution is -2.49. The van der Waals surface area contributed by atoms with Crippen LogP contribution in [0, 0.1) is 22.7 Å². The number of halogens is 4. The van der Waals surface area contributed by atoms with Gasteiger partial charge in [-0.05, 0) is 47.4 Å². The highest BCUT2D eigenvalue weighted by Crippen LogP contribution is 2.41. The van der Waals surface area contributed by atoms with Gasteiger partial charge in [-0.15, -0.1) is 46.4 Å². The molecule has 1 aliphatic rings. The first-order valence-electron chi connectivity index (χ1n) is 14.9. The third kappa shape index (κ3) is 8.32. The number of nitrogens with zero attached hydrogens (tertiary/aromatic N) is 6. The summed E-state index contributed by atoms with van der Waals surface area (Å²) in [5.74, 6) is 2.01. The lowest BCUT2D eigenvalue weighted by molar-refractivity contribution is -0.0286. The molecule has 1 saturated heterocycles. The molecule has 0 aromatic heterocycles. The second-order valence-corrected chi connectivity index (χ2v) is 12.1. The summed E-state index contributed by atoms with van der Waals surface area (Å²) in [5, 5.41) is 21.1. The fourth-order valence-corrected chi connectivity index (χ4v) is 6.80. The summed E-state index contributed by atoms with van der Waals surface area (Å²) in [6.45, 7) is 4.23. The third-order valence-corrected chi connectivity index (χ3v) is 8.71. The van der Waals surface area contributed by atoms with Crippen molar-refractivity contribution in [2.24, 2.45) is 0 Å². The van der Waals surface area contributed by atoms with Gasteiger partial charge in [-0.1, -0.05) is 54.6 Å². The topological polar surface area (TPSA) is 60.5 Å². The molecular formula is C34H38Cl4N6. The first kappa shape index (κ1) is 34.2. The zero-order valence-electron chi connectivity index (χ0n) is 24.7. The van der Waals surface area contributed by atoms with E-state index in [2.05, 4.69) is 43.9 Å². The molecule has 0 N–H and O–H groups in total. The highest BCUT2D eigenvalue weighted by Gasteiger charge is 2.39. The predicted molar refractivity (Wildman–Crippen MR) is 184 cm³/mol. The van der Waals surface area contributed by atoms with Crippen molar-refractivity contribution in [1.82, 2.24) is 9.80 Å². The van der Waals surface area contributed by atoms with E-state index in [1.54, 1.807) is 0 Å². The van der Waals surface area contributed by atoms with Gasteiger partial charge in [-0.25, -0.2) is 0 Å². The van der Waals surface area contributed by atoms with E-state index in [1.165, 1.54) is 0 Å². The molecule has 0 spiro atoms. The Hall–Kier alpha value is -2.68. The average molecular weight is 673 g/mol. The molecule has 44 heavy (non-hydrogen) atoms. The van der Waals surface area contributed by atoms with Crippen molar-refractivity contribution in [3.05, 3.63) is 95.6 Å². The van der Waals surface area contributed by atoms with Crippen LogP contribution in [0.15, 0.2) is 78.9 Å². The van der Waals surface area contributed by atoms with Gasteiger partial charge in [-0.3, -0.25) is 9.80 Å². The Morgan fingerprint density at radius 3 is 1.34 bits per heavy atom. The molecule has 1 heterocycles. The SMILES string of the molecule is N#CC(c1ccc(N(CCCl)CCCl)cc1)N1CCCN(C(C#N)c2ccc(N(CCCl)CCCl)cc2)C1c1ccccc1. The Morgan fingerprint density at radius 1 is 0.614 bits per heavy atom. The fraction of sp³-hybridized carbons (Fsp3) is 0.412. The van der Waals surface area contributed by atoms with E-state index in [0.29, 0.717) is 49.7 Å². The maximum absolute atomic E-state index is 10.6. The summed E-state index contributed by atoms with van der Waals surface area (Å²) in [6.07, 6.45) is 0.556. The quantitative estimate of drug-likeness (QED) is 0.154. The van der Waals surface area contributed by atoms with Gasteiger partial charge < -0.3 is 9.80 Å². The molecule has 0 amide bonds. The van der Waals surface area contributed by atoms with Crippen molar-refractivity contribution in [3.63, 3.8) is 0 Å². The van der Waals surface area contributed by atoms with Gasteiger partial charge in [0.1, 0.15) is 12.1 Å². The summed E-state index contributed by atoms with van der Waals surface area (Å²) in [7, 11) is 0. The van der Waals surface area contributed by atoms with Crippen molar-refractivity contribution in [2.75, 3.05) is 72.6 Å². The van der Waals surface area contributed by atoms with Crippen LogP contribution < -0.4 is 9.80 Å². The van der Waals surface area contributed by atoms with E-state index in [9.17, 15) is 10.5 Å². The third-order valence-electron chi connectivity index (χ3n) is 8.03. The maximum atomic E-state index is 10.6. The van der Waals surface area contributed by atoms with Crippen LogP contribution in [0.3, 0.4) is 0 Å². The van der Waals surface area contributed by atoms with Crippen LogP contribution in [-0.4, -0.2) is 72.6 Å². The zero-order valence-corrected chi connectivity index (χ0v) is 27.7. The summed E-state index contributed by atoms with van der Waals surface area (Å²) in [4.78, 5) is 8.75. The van der Waals surface area contributed by atoms with Gasteiger partial charge >= 0.3 is 0 Å². The van der Waals surface area contributed by atoms with Crippen LogP contribution in [0.4, 0.5) is 11.4 Å². The van der Waals surface area contributed by atoms with Crippen LogP contribution in [0.1, 0.15) is 41.4 Å². The van der Waals surface area contributed by atoms with Gasteiger partial charge in [-0.2, -0.15) is 10.5 Å². The number of anilines is 2. The molecule has 0 saturated carbocycles. The van der Waals surface area contributed by atoms with Gasteiger partial charge in [0.15, 0.2) is 0 Å². The van der Waals surface area contributed by atoms with E-state index in [-0.39, 0.29) is 6.17 Å². The summed E-state index contributed by atoms with van der Waals surface area (Å²) < 4.78 is 0. The molecule has 1 fully saturated rings. The van der Waals surface area contributed by atoms with Crippen molar-refractivity contribution in [2.45, 2.75) is 24.7 Å². The molecule has 10 heteroatoms. The normalized spacial score (nSPS) is 16.9. The number of alkyl halides is 4. The number of rotatable bonds is 15. The molecule has 0 aliphatic carbocycles. The van der Waals surface area contributed by atoms with Gasteiger partial charge in [0.25, 0.3) is 0 Å². The van der Waals surface area contributed by atoms with Crippen LogP contribution >= 0.6 is 46.4 Å². The molecule has 3 aromatic rings. The van der Waals surface area contributed by atoms with Gasteiger partial charge in [0.2, 0.25) is 0 Å². The second-order valence-electron chi connectivity index (χ2n) is 10.6. The second kappa shape index (κ2) is 17.7. The molecule has 0 radical (unpaired) electrons. The Morgan fingerprint density at radius 2 is 1.00 bits per heavy atom. The molecule has 0 bridgehead atoms. The molecule has 6 nitrogen and oxygen atoms in total. The van der Waals surface area contributed by atoms with Crippen LogP contribution in [0.2, 0.25) is 0 Å². The van der Waals surface area contributed by atoms with Crippen molar-refractivity contribution in [3.8, 4) is 12.1 Å². The number of hydrogen-bond acceptors (Lipinski definition) is 6. The van der Waals surface area contributed by atoms with Gasteiger partial charge in [0, 0.05) is 74.2 Å². The van der Waals surface area contributed by atoms with Gasteiger partial charge in [0.05, 0.1) is 18.3 Å². The van der Waals surface area contributed by atoms with E-state index >= 15 is 0 Å². The Balaban J connectivity index is 1.67. The van der Waals surface area contributed by atoms with Crippen LogP contribution in [-0.2, 0) is 0 Å². The minimum Gasteiger partial charge on any atom is -0.369 e. The maximum Gasteiger partial charge on any atom is 0.125 e. The van der Waals surface area contributed by atoms with Crippen molar-refractivity contribution >= 4 is 57.8 Å². The zero-order chi connectivity index (χ0) is 31.3. The molecule has 1 aliphatic heterocycles. The summed E-state index contributed by atoms with van der Waals surface area (Å²) in [5.41, 5.74) is 4.91. The Bertz CT molecular complexity index is 1260. The number of hydrogen-bond donors (Lipinski definition) is 0.